The number of fused-ring (bicyclic) bond motifs is 3. The maximum Gasteiger partial charge on any atom is 0.320 e. The van der Waals surface area contributed by atoms with E-state index in [4.69, 9.17) is 18.9 Å². The lowest BCUT2D eigenvalue weighted by molar-refractivity contribution is -0.263. The van der Waals surface area contributed by atoms with Crippen LogP contribution < -0.4 is 0 Å². The van der Waals surface area contributed by atoms with Gasteiger partial charge in [0.15, 0.2) is 0 Å². The van der Waals surface area contributed by atoms with E-state index in [1.807, 2.05) is 0 Å². The molecule has 9 nitrogen and oxygen atoms in total. The predicted molar refractivity (Wildman–Crippen MR) is 176 cm³/mol. The predicted octanol–water partition coefficient (Wildman–Crippen LogP) is 5.75. The zero-order chi connectivity index (χ0) is 34.2. The van der Waals surface area contributed by atoms with Gasteiger partial charge in [0.2, 0.25) is 0 Å². The summed E-state index contributed by atoms with van der Waals surface area (Å²) < 4.78 is 24.4. The Morgan fingerprint density at radius 1 is 0.979 bits per heavy atom. The normalized spacial score (nSPS) is 45.5. The summed E-state index contributed by atoms with van der Waals surface area (Å²) in [4.78, 5) is 41.4. The molecule has 4 aliphatic carbocycles. The van der Waals surface area contributed by atoms with Gasteiger partial charge in [0, 0.05) is 30.8 Å². The van der Waals surface area contributed by atoms with Gasteiger partial charge in [-0.2, -0.15) is 0 Å². The Labute approximate surface area is 281 Å². The Hall–Kier alpha value is -1.97. The molecule has 9 heteroatoms. The highest BCUT2D eigenvalue weighted by Crippen LogP contribution is 2.75. The highest BCUT2D eigenvalue weighted by molar-refractivity contribution is 5.73. The lowest BCUT2D eigenvalue weighted by Gasteiger charge is -2.71. The van der Waals surface area contributed by atoms with Gasteiger partial charge in [-0.15, -0.1) is 0 Å². The minimum absolute atomic E-state index is 0.183. The smallest absolute Gasteiger partial charge is 0.320 e. The van der Waals surface area contributed by atoms with Crippen molar-refractivity contribution < 1.29 is 38.4 Å². The molecular formula is C38H59NO8. The number of morpholine rings is 1. The van der Waals surface area contributed by atoms with Crippen molar-refractivity contribution in [2.45, 2.75) is 106 Å². The van der Waals surface area contributed by atoms with Crippen LogP contribution in [0.4, 0.5) is 0 Å². The second-order valence-corrected chi connectivity index (χ2v) is 17.5. The Morgan fingerprint density at radius 3 is 2.32 bits per heavy atom. The fraction of sp³-hybridized carbons (Fsp3) is 0.868. The molecule has 11 atom stereocenters. The van der Waals surface area contributed by atoms with E-state index in [9.17, 15) is 19.5 Å². The number of ether oxygens (including phenoxy) is 4. The first-order chi connectivity index (χ1) is 22.0. The average Bonchev–Trinajstić information content (AvgIpc) is 2.99. The maximum absolute atomic E-state index is 13.4. The quantitative estimate of drug-likeness (QED) is 0.270. The molecule has 0 radical (unpaired) electrons. The summed E-state index contributed by atoms with van der Waals surface area (Å²) in [5, 5.41) is 11.0. The van der Waals surface area contributed by atoms with Gasteiger partial charge in [0.25, 0.3) is 0 Å². The van der Waals surface area contributed by atoms with Crippen LogP contribution in [0, 0.1) is 56.7 Å². The summed E-state index contributed by atoms with van der Waals surface area (Å²) in [6, 6.07) is 0. The second kappa shape index (κ2) is 12.1. The number of hydrogen-bond acceptors (Lipinski definition) is 8. The number of carbonyl (C=O) groups is 3. The van der Waals surface area contributed by atoms with Crippen LogP contribution in [0.1, 0.15) is 93.9 Å². The zero-order valence-corrected chi connectivity index (χ0v) is 30.1. The first-order valence-electron chi connectivity index (χ1n) is 18.2. The number of carboxylic acids is 1. The van der Waals surface area contributed by atoms with E-state index < -0.39 is 34.9 Å². The van der Waals surface area contributed by atoms with Gasteiger partial charge in [-0.3, -0.25) is 19.3 Å². The van der Waals surface area contributed by atoms with Crippen molar-refractivity contribution in [2.75, 3.05) is 46.1 Å². The molecule has 0 amide bonds. The monoisotopic (exact) mass is 657 g/mol. The molecule has 0 aromatic carbocycles. The SMILES string of the molecule is CC(=O)O[C@@H]1C[C@]23COC[C@](C)([C@@H]2CC[C@H]2C3=CC[C@@]3(C)[C@H](C(=O)O)[C@@](C)([C@H](C)C(C)C)CC[C@]23C)[C@H]1OC(=O)CN1CCOCC1. The van der Waals surface area contributed by atoms with Crippen molar-refractivity contribution in [3.8, 4) is 0 Å². The third-order valence-electron chi connectivity index (χ3n) is 15.1. The van der Waals surface area contributed by atoms with Crippen LogP contribution in [0.3, 0.4) is 0 Å². The highest BCUT2D eigenvalue weighted by Gasteiger charge is 2.72. The Bertz CT molecular complexity index is 1290. The molecule has 2 heterocycles. The summed E-state index contributed by atoms with van der Waals surface area (Å²) >= 11 is 0. The van der Waals surface area contributed by atoms with E-state index in [0.717, 1.165) is 25.7 Å². The molecule has 0 aromatic rings. The topological polar surface area (TPSA) is 112 Å². The van der Waals surface area contributed by atoms with Crippen LogP contribution in [0.5, 0.6) is 0 Å². The van der Waals surface area contributed by atoms with Crippen molar-refractivity contribution in [3.63, 3.8) is 0 Å². The van der Waals surface area contributed by atoms with E-state index in [-0.39, 0.29) is 52.5 Å². The first kappa shape index (κ1) is 34.9. The maximum atomic E-state index is 13.4. The van der Waals surface area contributed by atoms with Crippen LogP contribution in [0.25, 0.3) is 0 Å². The van der Waals surface area contributed by atoms with Crippen LogP contribution in [-0.4, -0.2) is 86.2 Å². The first-order valence-corrected chi connectivity index (χ1v) is 18.2. The van der Waals surface area contributed by atoms with Gasteiger partial charge in [0.05, 0.1) is 38.9 Å². The molecule has 2 bridgehead atoms. The molecule has 1 N–H and O–H groups in total. The number of esters is 2. The second-order valence-electron chi connectivity index (χ2n) is 17.5. The highest BCUT2D eigenvalue weighted by atomic mass is 16.6. The molecule has 0 aromatic heterocycles. The van der Waals surface area contributed by atoms with Crippen molar-refractivity contribution in [2.24, 2.45) is 56.7 Å². The van der Waals surface area contributed by atoms with Crippen molar-refractivity contribution >= 4 is 17.9 Å². The van der Waals surface area contributed by atoms with Crippen LogP contribution >= 0.6 is 0 Å². The summed E-state index contributed by atoms with van der Waals surface area (Å²) in [6.07, 6.45) is 6.23. The Balaban J connectivity index is 1.37. The molecule has 0 unspecified atom stereocenters. The molecule has 2 saturated heterocycles. The Kier molecular flexibility index (Phi) is 8.99. The third-order valence-corrected chi connectivity index (χ3v) is 15.1. The van der Waals surface area contributed by atoms with Crippen molar-refractivity contribution in [1.82, 2.24) is 4.90 Å². The van der Waals surface area contributed by atoms with E-state index in [0.29, 0.717) is 58.3 Å². The van der Waals surface area contributed by atoms with Gasteiger partial charge in [-0.25, -0.2) is 0 Å². The van der Waals surface area contributed by atoms with Crippen molar-refractivity contribution in [3.05, 3.63) is 11.6 Å². The fourth-order valence-corrected chi connectivity index (χ4v) is 12.2. The van der Waals surface area contributed by atoms with E-state index >= 15 is 0 Å². The number of allylic oxidation sites excluding steroid dienone is 1. The number of rotatable bonds is 7. The Morgan fingerprint density at radius 2 is 1.68 bits per heavy atom. The molecule has 0 spiro atoms. The standard InChI is InChI=1S/C38H59NO8/c1-23(2)24(3)34(5)13-14-36(7)26-9-10-29-35(6)21-45-22-38(29,27(26)11-12-37(36,8)31(34)33(42)43)19-28(46-25(4)40)32(35)47-30(41)20-39-15-17-44-18-16-39/h11,23-24,26,28-29,31-32H,9-10,12-22H2,1-8H3,(H,42,43)/t24-,26+,28-,29+,31-,32+,34-,35-,36-,37+,38-/m1/s1. The molecule has 47 heavy (non-hydrogen) atoms. The molecule has 6 rings (SSSR count). The van der Waals surface area contributed by atoms with E-state index in [1.54, 1.807) is 0 Å². The van der Waals surface area contributed by atoms with Gasteiger partial charge in [-0.05, 0) is 78.4 Å². The average molecular weight is 658 g/mol. The van der Waals surface area contributed by atoms with Gasteiger partial charge >= 0.3 is 17.9 Å². The van der Waals surface area contributed by atoms with Crippen LogP contribution in [-0.2, 0) is 33.3 Å². The molecular weight excluding hydrogens is 598 g/mol. The van der Waals surface area contributed by atoms with Crippen LogP contribution in [0.2, 0.25) is 0 Å². The lowest BCUT2D eigenvalue weighted by atomic mass is 9.34. The molecule has 2 aliphatic heterocycles. The van der Waals surface area contributed by atoms with Gasteiger partial charge in [-0.1, -0.05) is 60.1 Å². The fourth-order valence-electron chi connectivity index (χ4n) is 12.2. The summed E-state index contributed by atoms with van der Waals surface area (Å²) in [5.74, 6) is -0.721. The summed E-state index contributed by atoms with van der Waals surface area (Å²) in [5.41, 5.74) is -0.440. The van der Waals surface area contributed by atoms with Crippen LogP contribution in [0.15, 0.2) is 11.6 Å². The molecule has 6 aliphatic rings. The van der Waals surface area contributed by atoms with E-state index in [2.05, 4.69) is 59.4 Å². The number of hydrogen-bond donors (Lipinski definition) is 1. The molecule has 264 valence electrons. The van der Waals surface area contributed by atoms with Gasteiger partial charge < -0.3 is 24.1 Å². The third kappa shape index (κ3) is 5.22. The lowest BCUT2D eigenvalue weighted by Crippen LogP contribution is -2.70. The zero-order valence-electron chi connectivity index (χ0n) is 30.1. The van der Waals surface area contributed by atoms with E-state index in [1.165, 1.54) is 12.5 Å². The summed E-state index contributed by atoms with van der Waals surface area (Å²) in [6.45, 7) is 20.9. The van der Waals surface area contributed by atoms with Crippen molar-refractivity contribution in [1.29, 1.82) is 0 Å². The summed E-state index contributed by atoms with van der Waals surface area (Å²) in [7, 11) is 0. The largest absolute Gasteiger partial charge is 0.481 e. The van der Waals surface area contributed by atoms with Gasteiger partial charge in [0.1, 0.15) is 12.2 Å². The number of nitrogens with zero attached hydrogens (tertiary/aromatic N) is 1. The number of carboxylic acid groups (broad SMARTS) is 1. The number of aliphatic carboxylic acids is 1. The molecule has 5 fully saturated rings. The minimum Gasteiger partial charge on any atom is -0.481 e. The minimum atomic E-state index is -0.667. The number of carbonyl (C=O) groups excluding carboxylic acids is 2. The molecule has 3 saturated carbocycles.